The molecule has 1 amide bonds. The van der Waals surface area contributed by atoms with Gasteiger partial charge in [0.1, 0.15) is 6.61 Å². The predicted molar refractivity (Wildman–Crippen MR) is 80.1 cm³/mol. The molecule has 0 aliphatic rings. The summed E-state index contributed by atoms with van der Waals surface area (Å²) in [6.07, 6.45) is -9.06. The highest BCUT2D eigenvalue weighted by molar-refractivity contribution is 5.67. The van der Waals surface area contributed by atoms with Gasteiger partial charge in [-0.2, -0.15) is 22.0 Å². The number of nitrogens with one attached hydrogen (secondary N) is 1. The van der Waals surface area contributed by atoms with Gasteiger partial charge in [0.25, 0.3) is 0 Å². The number of hydrogen-bond donors (Lipinski definition) is 2. The molecule has 25 heavy (non-hydrogen) atoms. The van der Waals surface area contributed by atoms with Gasteiger partial charge in [-0.25, -0.2) is 4.79 Å². The van der Waals surface area contributed by atoms with Crippen molar-refractivity contribution in [3.05, 3.63) is 35.9 Å². The number of halogens is 5. The Labute approximate surface area is 142 Å². The molecule has 0 heterocycles. The Bertz CT molecular complexity index is 555. The van der Waals surface area contributed by atoms with Crippen molar-refractivity contribution in [2.24, 2.45) is 0 Å². The summed E-state index contributed by atoms with van der Waals surface area (Å²) >= 11 is 0. The van der Waals surface area contributed by atoms with Crippen LogP contribution in [0.5, 0.6) is 0 Å². The third-order valence-corrected chi connectivity index (χ3v) is 3.52. The van der Waals surface area contributed by atoms with E-state index in [4.69, 9.17) is 4.74 Å². The van der Waals surface area contributed by atoms with Gasteiger partial charge in [0.05, 0.1) is 11.6 Å². The van der Waals surface area contributed by atoms with Gasteiger partial charge in [0.15, 0.2) is 0 Å². The maximum Gasteiger partial charge on any atom is 0.453 e. The Morgan fingerprint density at radius 1 is 1.16 bits per heavy atom. The number of aliphatic hydroxyl groups is 1. The minimum atomic E-state index is -5.69. The molecule has 1 rings (SSSR count). The van der Waals surface area contributed by atoms with E-state index in [-0.39, 0.29) is 6.61 Å². The number of ether oxygens (including phenoxy) is 1. The van der Waals surface area contributed by atoms with Crippen LogP contribution in [-0.4, -0.2) is 34.9 Å². The van der Waals surface area contributed by atoms with Gasteiger partial charge in [0.2, 0.25) is 0 Å². The zero-order valence-electron chi connectivity index (χ0n) is 13.7. The van der Waals surface area contributed by atoms with E-state index in [1.165, 1.54) is 13.8 Å². The molecule has 4 nitrogen and oxygen atoms in total. The number of benzene rings is 1. The maximum atomic E-state index is 13.0. The monoisotopic (exact) mass is 369 g/mol. The van der Waals surface area contributed by atoms with E-state index in [1.54, 1.807) is 30.3 Å². The SMILES string of the molecule is CC(C)(O)[C@H](CCC(F)(F)C(F)(F)F)NC(=O)OCc1ccccc1. The molecule has 0 aliphatic carbocycles. The van der Waals surface area contributed by atoms with E-state index >= 15 is 0 Å². The molecular weight excluding hydrogens is 349 g/mol. The van der Waals surface area contributed by atoms with Gasteiger partial charge in [-0.05, 0) is 25.8 Å². The highest BCUT2D eigenvalue weighted by atomic mass is 19.4. The van der Waals surface area contributed by atoms with Crippen LogP contribution in [0.1, 0.15) is 32.3 Å². The normalized spacial score (nSPS) is 14.1. The summed E-state index contributed by atoms with van der Waals surface area (Å²) < 4.78 is 67.6. The zero-order valence-corrected chi connectivity index (χ0v) is 13.7. The molecule has 1 aromatic carbocycles. The van der Waals surface area contributed by atoms with Crippen LogP contribution < -0.4 is 5.32 Å². The topological polar surface area (TPSA) is 58.6 Å². The first-order valence-electron chi connectivity index (χ1n) is 7.47. The number of amides is 1. The Morgan fingerprint density at radius 2 is 1.72 bits per heavy atom. The average molecular weight is 369 g/mol. The quantitative estimate of drug-likeness (QED) is 0.714. The molecule has 0 radical (unpaired) electrons. The Hall–Kier alpha value is -1.90. The molecule has 0 aliphatic heterocycles. The van der Waals surface area contributed by atoms with Crippen molar-refractivity contribution >= 4 is 6.09 Å². The van der Waals surface area contributed by atoms with E-state index in [0.717, 1.165) is 0 Å². The minimum Gasteiger partial charge on any atom is -0.445 e. The number of alkyl halides is 5. The number of hydrogen-bond acceptors (Lipinski definition) is 3. The average Bonchev–Trinajstić information content (AvgIpc) is 2.48. The second kappa shape index (κ2) is 7.99. The van der Waals surface area contributed by atoms with E-state index in [2.05, 4.69) is 5.32 Å². The Kier molecular flexibility index (Phi) is 6.75. The van der Waals surface area contributed by atoms with E-state index in [9.17, 15) is 31.9 Å². The summed E-state index contributed by atoms with van der Waals surface area (Å²) in [4.78, 5) is 11.7. The summed E-state index contributed by atoms with van der Waals surface area (Å²) in [6.45, 7) is 2.28. The van der Waals surface area contributed by atoms with E-state index in [1.807, 2.05) is 0 Å². The zero-order chi connectivity index (χ0) is 19.3. The minimum absolute atomic E-state index is 0.107. The summed E-state index contributed by atoms with van der Waals surface area (Å²) in [7, 11) is 0. The Balaban J connectivity index is 2.63. The molecule has 0 bridgehead atoms. The van der Waals surface area contributed by atoms with Crippen molar-refractivity contribution < 1.29 is 36.6 Å². The first-order chi connectivity index (χ1) is 11.3. The third-order valence-electron chi connectivity index (χ3n) is 3.52. The first-order valence-corrected chi connectivity index (χ1v) is 7.47. The maximum absolute atomic E-state index is 13.0. The van der Waals surface area contributed by atoms with E-state index in [0.29, 0.717) is 5.56 Å². The number of rotatable bonds is 7. The molecule has 0 saturated heterocycles. The van der Waals surface area contributed by atoms with Crippen LogP contribution in [-0.2, 0) is 11.3 Å². The van der Waals surface area contributed by atoms with Crippen LogP contribution in [0.4, 0.5) is 26.7 Å². The van der Waals surface area contributed by atoms with Crippen molar-refractivity contribution in [1.82, 2.24) is 5.32 Å². The van der Waals surface area contributed by atoms with Crippen LogP contribution in [0.2, 0.25) is 0 Å². The van der Waals surface area contributed by atoms with Crippen molar-refractivity contribution in [2.45, 2.75) is 57.0 Å². The molecule has 2 N–H and O–H groups in total. The van der Waals surface area contributed by atoms with Gasteiger partial charge in [0, 0.05) is 6.42 Å². The number of alkyl carbamates (subject to hydrolysis) is 1. The summed E-state index contributed by atoms with van der Waals surface area (Å²) in [5.74, 6) is -4.91. The first kappa shape index (κ1) is 21.1. The smallest absolute Gasteiger partial charge is 0.445 e. The molecule has 0 fully saturated rings. The van der Waals surface area contributed by atoms with Crippen molar-refractivity contribution in [3.8, 4) is 0 Å². The van der Waals surface area contributed by atoms with Crippen LogP contribution in [0.25, 0.3) is 0 Å². The summed E-state index contributed by atoms with van der Waals surface area (Å²) in [5, 5.41) is 12.1. The molecule has 0 unspecified atom stereocenters. The Morgan fingerprint density at radius 3 is 2.20 bits per heavy atom. The van der Waals surface area contributed by atoms with Gasteiger partial charge in [-0.3, -0.25) is 0 Å². The lowest BCUT2D eigenvalue weighted by Gasteiger charge is -2.31. The fourth-order valence-corrected chi connectivity index (χ4v) is 1.98. The van der Waals surface area contributed by atoms with Gasteiger partial charge < -0.3 is 15.2 Å². The molecule has 0 saturated carbocycles. The molecule has 0 aromatic heterocycles. The fourth-order valence-electron chi connectivity index (χ4n) is 1.98. The molecule has 1 atom stereocenters. The lowest BCUT2D eigenvalue weighted by Crippen LogP contribution is -2.50. The van der Waals surface area contributed by atoms with Crippen LogP contribution >= 0.6 is 0 Å². The highest BCUT2D eigenvalue weighted by Crippen LogP contribution is 2.39. The summed E-state index contributed by atoms with van der Waals surface area (Å²) in [6, 6.07) is 7.22. The molecule has 0 spiro atoms. The third kappa shape index (κ3) is 6.85. The van der Waals surface area contributed by atoms with E-state index < -0.39 is 42.7 Å². The lowest BCUT2D eigenvalue weighted by molar-refractivity contribution is -0.285. The van der Waals surface area contributed by atoms with Gasteiger partial charge >= 0.3 is 18.2 Å². The lowest BCUT2D eigenvalue weighted by atomic mass is 9.93. The summed E-state index contributed by atoms with van der Waals surface area (Å²) in [5.41, 5.74) is -1.05. The standard InChI is InChI=1S/C16H20F5NO3/c1-14(2,24)12(8-9-15(17,18)16(19,20)21)22-13(23)25-10-11-6-4-3-5-7-11/h3-7,12,24H,8-10H2,1-2H3,(H,22,23)/t12-/m0/s1. The molecular formula is C16H20F5NO3. The van der Waals surface area contributed by atoms with Crippen molar-refractivity contribution in [2.75, 3.05) is 0 Å². The molecule has 142 valence electrons. The largest absolute Gasteiger partial charge is 0.453 e. The second-order valence-corrected chi connectivity index (χ2v) is 6.15. The van der Waals surface area contributed by atoms with Gasteiger partial charge in [-0.15, -0.1) is 0 Å². The van der Waals surface area contributed by atoms with Gasteiger partial charge in [-0.1, -0.05) is 30.3 Å². The highest BCUT2D eigenvalue weighted by Gasteiger charge is 2.57. The number of carbonyl (C=O) groups is 1. The number of carbonyl (C=O) groups excluding carboxylic acids is 1. The predicted octanol–water partition coefficient (Wildman–Crippen LogP) is 4.03. The van der Waals surface area contributed by atoms with Crippen LogP contribution in [0.3, 0.4) is 0 Å². The molecule has 1 aromatic rings. The van der Waals surface area contributed by atoms with Crippen LogP contribution in [0.15, 0.2) is 30.3 Å². The fraction of sp³-hybridized carbons (Fsp3) is 0.562. The van der Waals surface area contributed by atoms with Crippen LogP contribution in [0, 0.1) is 0 Å². The van der Waals surface area contributed by atoms with Crippen molar-refractivity contribution in [3.63, 3.8) is 0 Å². The second-order valence-electron chi connectivity index (χ2n) is 6.15. The van der Waals surface area contributed by atoms with Crippen molar-refractivity contribution in [1.29, 1.82) is 0 Å². The molecule has 9 heteroatoms.